The third kappa shape index (κ3) is 5.67. The van der Waals surface area contributed by atoms with E-state index >= 15 is 0 Å². The van der Waals surface area contributed by atoms with Gasteiger partial charge in [0.15, 0.2) is 0 Å². The molecule has 1 aliphatic heterocycles. The summed E-state index contributed by atoms with van der Waals surface area (Å²) >= 11 is 2.77. The molecule has 2 aromatic heterocycles. The summed E-state index contributed by atoms with van der Waals surface area (Å²) in [5.41, 5.74) is 3.02. The molecule has 0 atom stereocenters. The topological polar surface area (TPSA) is 85.2 Å². The summed E-state index contributed by atoms with van der Waals surface area (Å²) in [4.78, 5) is 22.1. The molecule has 0 aliphatic carbocycles. The number of carbonyl (C=O) groups is 1. The number of piperazine rings is 1. The molecule has 9 heteroatoms. The highest BCUT2D eigenvalue weighted by atomic mass is 32.1. The Morgan fingerprint density at radius 2 is 2.00 bits per heavy atom. The maximum absolute atomic E-state index is 12.2. The monoisotopic (exact) mass is 452 g/mol. The molecule has 1 amide bonds. The third-order valence-corrected chi connectivity index (χ3v) is 6.99. The van der Waals surface area contributed by atoms with Gasteiger partial charge in [0.1, 0.15) is 11.9 Å². The summed E-state index contributed by atoms with van der Waals surface area (Å²) < 4.78 is 4.54. The molecule has 1 N–H and O–H groups in total. The Morgan fingerprint density at radius 3 is 2.71 bits per heavy atom. The van der Waals surface area contributed by atoms with Crippen molar-refractivity contribution < 1.29 is 4.79 Å². The summed E-state index contributed by atoms with van der Waals surface area (Å²) in [7, 11) is 0. The fraction of sp³-hybridized carbons (Fsp3) is 0.364. The van der Waals surface area contributed by atoms with Crippen molar-refractivity contribution in [2.45, 2.75) is 13.3 Å². The van der Waals surface area contributed by atoms with Crippen LogP contribution in [-0.2, 0) is 6.42 Å². The lowest BCUT2D eigenvalue weighted by Crippen LogP contribution is -2.48. The summed E-state index contributed by atoms with van der Waals surface area (Å²) in [5, 5.41) is 14.5. The number of hydrogen-bond donors (Lipinski definition) is 1. The van der Waals surface area contributed by atoms with Crippen molar-refractivity contribution in [2.24, 2.45) is 0 Å². The molecule has 0 bridgehead atoms. The second kappa shape index (κ2) is 10.0. The van der Waals surface area contributed by atoms with Crippen LogP contribution in [0.5, 0.6) is 0 Å². The van der Waals surface area contributed by atoms with Crippen molar-refractivity contribution in [2.75, 3.05) is 44.2 Å². The maximum atomic E-state index is 12.2. The molecule has 3 heterocycles. The number of carbonyl (C=O) groups excluding carboxylic acids is 1. The van der Waals surface area contributed by atoms with Gasteiger partial charge >= 0.3 is 0 Å². The van der Waals surface area contributed by atoms with E-state index in [1.165, 1.54) is 34.0 Å². The Bertz CT molecular complexity index is 1060. The number of nitrogens with zero attached hydrogens (tertiary/aromatic N) is 5. The van der Waals surface area contributed by atoms with Gasteiger partial charge in [0, 0.05) is 62.6 Å². The molecule has 31 heavy (non-hydrogen) atoms. The zero-order valence-electron chi connectivity index (χ0n) is 17.4. The number of amides is 1. The normalized spacial score (nSPS) is 14.4. The van der Waals surface area contributed by atoms with E-state index < -0.39 is 0 Å². The predicted molar refractivity (Wildman–Crippen MR) is 124 cm³/mol. The summed E-state index contributed by atoms with van der Waals surface area (Å²) in [6, 6.07) is 12.2. The molecule has 4 rings (SSSR count). The summed E-state index contributed by atoms with van der Waals surface area (Å²) in [6.07, 6.45) is 0.760. The van der Waals surface area contributed by atoms with Crippen molar-refractivity contribution in [3.63, 3.8) is 0 Å². The first-order valence-corrected chi connectivity index (χ1v) is 11.9. The summed E-state index contributed by atoms with van der Waals surface area (Å²) in [6.45, 7) is 7.17. The molecule has 1 aromatic carbocycles. The Morgan fingerprint density at radius 1 is 1.23 bits per heavy atom. The Kier molecular flexibility index (Phi) is 6.92. The van der Waals surface area contributed by atoms with E-state index in [-0.39, 0.29) is 5.91 Å². The minimum absolute atomic E-state index is 0.111. The van der Waals surface area contributed by atoms with Crippen LogP contribution in [0.3, 0.4) is 0 Å². The predicted octanol–water partition coefficient (Wildman–Crippen LogP) is 2.92. The third-order valence-electron chi connectivity index (χ3n) is 5.25. The minimum Gasteiger partial charge on any atom is -0.350 e. The van der Waals surface area contributed by atoms with E-state index in [4.69, 9.17) is 10.2 Å². The first kappa shape index (κ1) is 21.4. The van der Waals surface area contributed by atoms with Crippen LogP contribution >= 0.6 is 22.9 Å². The fourth-order valence-corrected chi connectivity index (χ4v) is 4.91. The molecule has 3 aromatic rings. The highest BCUT2D eigenvalue weighted by Gasteiger charge is 2.20. The smallest absolute Gasteiger partial charge is 0.261 e. The number of rotatable bonds is 7. The van der Waals surface area contributed by atoms with Gasteiger partial charge in [-0.05, 0) is 18.6 Å². The lowest BCUT2D eigenvalue weighted by atomic mass is 10.1. The van der Waals surface area contributed by atoms with Crippen molar-refractivity contribution >= 4 is 33.9 Å². The molecule has 0 spiro atoms. The number of benzene rings is 1. The van der Waals surface area contributed by atoms with Gasteiger partial charge in [0.25, 0.3) is 5.91 Å². The SMILES string of the molecule is Cc1ccc(Cc2nsc(N3CCN(CCNC(=O)c4cc(C#N)cs4)CC3)n2)cc1. The average Bonchev–Trinajstić information content (AvgIpc) is 3.46. The van der Waals surface area contributed by atoms with Gasteiger partial charge in [-0.1, -0.05) is 29.8 Å². The average molecular weight is 453 g/mol. The Hall–Kier alpha value is -2.80. The van der Waals surface area contributed by atoms with Gasteiger partial charge in [0.2, 0.25) is 5.13 Å². The van der Waals surface area contributed by atoms with Crippen molar-refractivity contribution in [3.8, 4) is 6.07 Å². The van der Waals surface area contributed by atoms with E-state index in [0.29, 0.717) is 17.0 Å². The highest BCUT2D eigenvalue weighted by molar-refractivity contribution is 7.12. The highest BCUT2D eigenvalue weighted by Crippen LogP contribution is 2.20. The molecule has 0 saturated carbocycles. The van der Waals surface area contributed by atoms with E-state index in [2.05, 4.69) is 56.7 Å². The Labute approximate surface area is 190 Å². The van der Waals surface area contributed by atoms with E-state index in [1.807, 2.05) is 0 Å². The number of aryl methyl sites for hydroxylation is 1. The van der Waals surface area contributed by atoms with Gasteiger partial charge in [-0.15, -0.1) is 11.3 Å². The fourth-order valence-electron chi connectivity index (χ4n) is 3.42. The second-order valence-electron chi connectivity index (χ2n) is 7.55. The lowest BCUT2D eigenvalue weighted by molar-refractivity contribution is 0.0952. The van der Waals surface area contributed by atoms with Crippen LogP contribution in [0.4, 0.5) is 5.13 Å². The molecule has 0 unspecified atom stereocenters. The van der Waals surface area contributed by atoms with Crippen LogP contribution in [0.2, 0.25) is 0 Å². The lowest BCUT2D eigenvalue weighted by Gasteiger charge is -2.34. The summed E-state index contributed by atoms with van der Waals surface area (Å²) in [5.74, 6) is 0.766. The van der Waals surface area contributed by atoms with Gasteiger partial charge in [-0.2, -0.15) is 9.64 Å². The number of nitrogens with one attached hydrogen (secondary N) is 1. The maximum Gasteiger partial charge on any atom is 0.261 e. The van der Waals surface area contributed by atoms with Crippen LogP contribution in [0, 0.1) is 18.3 Å². The zero-order chi connectivity index (χ0) is 21.6. The zero-order valence-corrected chi connectivity index (χ0v) is 19.0. The van der Waals surface area contributed by atoms with Crippen LogP contribution in [0.1, 0.15) is 32.2 Å². The van der Waals surface area contributed by atoms with Crippen LogP contribution in [0.15, 0.2) is 35.7 Å². The number of anilines is 1. The van der Waals surface area contributed by atoms with E-state index in [0.717, 1.165) is 50.1 Å². The molecule has 1 fully saturated rings. The van der Waals surface area contributed by atoms with Gasteiger partial charge in [0.05, 0.1) is 10.4 Å². The molecular weight excluding hydrogens is 428 g/mol. The first-order valence-electron chi connectivity index (χ1n) is 10.2. The number of nitriles is 1. The number of thiophene rings is 1. The Balaban J connectivity index is 1.20. The minimum atomic E-state index is -0.111. The standard InChI is InChI=1S/C22H24N6OS2/c1-16-2-4-17(5-3-16)13-20-25-22(31-26-20)28-10-8-27(9-11-28)7-6-24-21(29)19-12-18(14-23)15-30-19/h2-5,12,15H,6-11,13H2,1H3,(H,24,29). The number of aromatic nitrogens is 2. The first-order chi connectivity index (χ1) is 15.1. The molecule has 0 radical (unpaired) electrons. The van der Waals surface area contributed by atoms with Crippen molar-refractivity contribution in [1.29, 1.82) is 5.26 Å². The van der Waals surface area contributed by atoms with E-state index in [1.54, 1.807) is 11.4 Å². The quantitative estimate of drug-likeness (QED) is 0.593. The van der Waals surface area contributed by atoms with Crippen LogP contribution in [0.25, 0.3) is 0 Å². The van der Waals surface area contributed by atoms with Crippen molar-refractivity contribution in [1.82, 2.24) is 19.6 Å². The molecular formula is C22H24N6OS2. The largest absolute Gasteiger partial charge is 0.350 e. The van der Waals surface area contributed by atoms with Crippen LogP contribution in [-0.4, -0.2) is 59.4 Å². The van der Waals surface area contributed by atoms with Crippen LogP contribution < -0.4 is 10.2 Å². The molecule has 1 saturated heterocycles. The molecule has 160 valence electrons. The number of hydrogen-bond acceptors (Lipinski definition) is 8. The van der Waals surface area contributed by atoms with E-state index in [9.17, 15) is 4.79 Å². The second-order valence-corrected chi connectivity index (χ2v) is 9.19. The molecule has 1 aliphatic rings. The van der Waals surface area contributed by atoms with Gasteiger partial charge in [-0.25, -0.2) is 4.98 Å². The van der Waals surface area contributed by atoms with Gasteiger partial charge in [-0.3, -0.25) is 9.69 Å². The van der Waals surface area contributed by atoms with Gasteiger partial charge < -0.3 is 10.2 Å². The van der Waals surface area contributed by atoms with Crippen molar-refractivity contribution in [3.05, 3.63) is 63.1 Å². The molecule has 7 nitrogen and oxygen atoms in total.